The summed E-state index contributed by atoms with van der Waals surface area (Å²) in [5.41, 5.74) is 3.16. The number of fused-ring (bicyclic) bond motifs is 3. The van der Waals surface area contributed by atoms with E-state index >= 15 is 0 Å². The van der Waals surface area contributed by atoms with Crippen molar-refractivity contribution in [3.63, 3.8) is 0 Å². The number of Topliss-reactive ketones (excluding diaryl/α,β-unsaturated/α-hetero) is 2. The molecule has 0 unspecified atom stereocenters. The van der Waals surface area contributed by atoms with Gasteiger partial charge in [-0.1, -0.05) is 80.4 Å². The van der Waals surface area contributed by atoms with Crippen LogP contribution in [-0.2, 0) is 20.4 Å². The van der Waals surface area contributed by atoms with E-state index < -0.39 is 10.8 Å². The molecule has 0 aromatic heterocycles. The van der Waals surface area contributed by atoms with Crippen molar-refractivity contribution in [2.45, 2.75) is 50.9 Å². The van der Waals surface area contributed by atoms with Gasteiger partial charge in [0, 0.05) is 17.3 Å². The second-order valence-electron chi connectivity index (χ2n) is 9.29. The number of hydrogen-bond donors (Lipinski definition) is 0. The largest absolute Gasteiger partial charge is 0.298 e. The molecule has 0 saturated heterocycles. The van der Waals surface area contributed by atoms with Crippen LogP contribution < -0.4 is 0 Å². The number of hydrogen-bond acceptors (Lipinski definition) is 2. The topological polar surface area (TPSA) is 34.1 Å². The Hall–Kier alpha value is -2.48. The number of allylic oxidation sites excluding steroid dienone is 2. The first kappa shape index (κ1) is 18.5. The lowest BCUT2D eigenvalue weighted by molar-refractivity contribution is -0.129. The molecule has 3 aliphatic rings. The first-order chi connectivity index (χ1) is 14.0. The van der Waals surface area contributed by atoms with Gasteiger partial charge in [0.05, 0.1) is 5.41 Å². The van der Waals surface area contributed by atoms with Crippen molar-refractivity contribution in [3.8, 4) is 0 Å². The van der Waals surface area contributed by atoms with Gasteiger partial charge in [-0.3, -0.25) is 9.59 Å². The molecule has 1 fully saturated rings. The summed E-state index contributed by atoms with van der Waals surface area (Å²) < 4.78 is 0. The zero-order valence-corrected chi connectivity index (χ0v) is 17.4. The molecule has 0 N–H and O–H groups in total. The number of benzene rings is 2. The van der Waals surface area contributed by atoms with Gasteiger partial charge in [0.2, 0.25) is 0 Å². The summed E-state index contributed by atoms with van der Waals surface area (Å²) in [6, 6.07) is 18.9. The minimum atomic E-state index is -0.718. The third-order valence-corrected chi connectivity index (χ3v) is 7.96. The monoisotopic (exact) mass is 384 g/mol. The van der Waals surface area contributed by atoms with Crippen molar-refractivity contribution < 1.29 is 9.59 Å². The zero-order chi connectivity index (χ0) is 20.4. The summed E-state index contributed by atoms with van der Waals surface area (Å²) in [4.78, 5) is 27.5. The molecule has 2 heteroatoms. The summed E-state index contributed by atoms with van der Waals surface area (Å²) in [6.07, 6.45) is 5.15. The molecule has 2 nitrogen and oxygen atoms in total. The lowest BCUT2D eigenvalue weighted by Crippen LogP contribution is -2.54. The first-order valence-electron chi connectivity index (χ1n) is 10.9. The van der Waals surface area contributed by atoms with Crippen LogP contribution in [0.2, 0.25) is 0 Å². The van der Waals surface area contributed by atoms with E-state index in [0.29, 0.717) is 0 Å². The van der Waals surface area contributed by atoms with E-state index in [1.54, 1.807) is 0 Å². The lowest BCUT2D eigenvalue weighted by atomic mass is 9.48. The summed E-state index contributed by atoms with van der Waals surface area (Å²) in [6.45, 7) is 6.16. The number of carbonyl (C=O) groups is 2. The SMILES string of the molecule is CCCC[C@@H]1C(=O)[C@]2(C)c3ccccc3[C@@]3(c4ccccc4)C=C(C)C(=O)[C@H]2[C@@H]13. The van der Waals surface area contributed by atoms with Crippen LogP contribution in [0.5, 0.6) is 0 Å². The van der Waals surface area contributed by atoms with Gasteiger partial charge in [-0.15, -0.1) is 0 Å². The number of carbonyl (C=O) groups excluding carboxylic acids is 2. The van der Waals surface area contributed by atoms with Gasteiger partial charge < -0.3 is 0 Å². The van der Waals surface area contributed by atoms with Crippen molar-refractivity contribution in [3.05, 3.63) is 82.9 Å². The van der Waals surface area contributed by atoms with Crippen LogP contribution in [0.25, 0.3) is 0 Å². The first-order valence-corrected chi connectivity index (χ1v) is 10.9. The molecule has 0 aliphatic heterocycles. The summed E-state index contributed by atoms with van der Waals surface area (Å²) in [5.74, 6) is 0.108. The molecule has 5 rings (SSSR count). The summed E-state index contributed by atoms with van der Waals surface area (Å²) in [7, 11) is 0. The fourth-order valence-electron chi connectivity index (χ4n) is 6.79. The third kappa shape index (κ3) is 2.12. The standard InChI is InChI=1S/C27H28O2/c1-4-5-13-19-22-23-24(28)17(2)16-27(22,18-11-7-6-8-12-18)21-15-10-9-14-20(21)26(23,3)25(19)29/h6-12,14-16,19,22-23H,4-5,13H2,1-3H3/t19-,22+,23+,26+,27-/m0/s1. The molecule has 148 valence electrons. The smallest absolute Gasteiger partial charge is 0.163 e. The van der Waals surface area contributed by atoms with E-state index in [1.165, 1.54) is 11.1 Å². The van der Waals surface area contributed by atoms with Gasteiger partial charge in [0.25, 0.3) is 0 Å². The van der Waals surface area contributed by atoms with E-state index in [9.17, 15) is 9.59 Å². The van der Waals surface area contributed by atoms with E-state index in [2.05, 4.69) is 55.5 Å². The van der Waals surface area contributed by atoms with Gasteiger partial charge >= 0.3 is 0 Å². The van der Waals surface area contributed by atoms with Gasteiger partial charge in [0.15, 0.2) is 5.78 Å². The third-order valence-electron chi connectivity index (χ3n) is 7.96. The van der Waals surface area contributed by atoms with Gasteiger partial charge in [-0.2, -0.15) is 0 Å². The Balaban J connectivity index is 1.90. The average Bonchev–Trinajstić information content (AvgIpc) is 2.95. The van der Waals surface area contributed by atoms with Crippen LogP contribution >= 0.6 is 0 Å². The second-order valence-corrected chi connectivity index (χ2v) is 9.29. The Morgan fingerprint density at radius 3 is 2.28 bits per heavy atom. The van der Waals surface area contributed by atoms with E-state index in [-0.39, 0.29) is 29.3 Å². The molecule has 0 amide bonds. The molecule has 5 atom stereocenters. The van der Waals surface area contributed by atoms with Crippen molar-refractivity contribution in [1.82, 2.24) is 0 Å². The Bertz CT molecular complexity index is 1030. The molecule has 4 bridgehead atoms. The zero-order valence-electron chi connectivity index (χ0n) is 17.4. The maximum atomic E-state index is 14.0. The van der Waals surface area contributed by atoms with Crippen LogP contribution in [0, 0.1) is 17.8 Å². The minimum Gasteiger partial charge on any atom is -0.298 e. The molecular weight excluding hydrogens is 356 g/mol. The van der Waals surface area contributed by atoms with Crippen LogP contribution in [-0.4, -0.2) is 11.6 Å². The van der Waals surface area contributed by atoms with Gasteiger partial charge in [-0.25, -0.2) is 0 Å². The molecule has 0 heterocycles. The fraction of sp³-hybridized carbons (Fsp3) is 0.407. The number of unbranched alkanes of at least 4 members (excludes halogenated alkanes) is 1. The van der Waals surface area contributed by atoms with Crippen LogP contribution in [0.1, 0.15) is 56.7 Å². The second kappa shape index (κ2) is 6.26. The molecule has 2 aromatic rings. The molecule has 2 aromatic carbocycles. The Kier molecular flexibility index (Phi) is 4.00. The van der Waals surface area contributed by atoms with E-state index in [4.69, 9.17) is 0 Å². The molecule has 29 heavy (non-hydrogen) atoms. The van der Waals surface area contributed by atoms with Crippen LogP contribution in [0.4, 0.5) is 0 Å². The normalized spacial score (nSPS) is 34.7. The van der Waals surface area contributed by atoms with Crippen LogP contribution in [0.3, 0.4) is 0 Å². The maximum absolute atomic E-state index is 14.0. The summed E-state index contributed by atoms with van der Waals surface area (Å²) >= 11 is 0. The van der Waals surface area contributed by atoms with Gasteiger partial charge in [0.1, 0.15) is 5.78 Å². The number of rotatable bonds is 4. The molecular formula is C27H28O2. The predicted octanol–water partition coefficient (Wildman–Crippen LogP) is 5.39. The highest BCUT2D eigenvalue weighted by Gasteiger charge is 2.71. The Labute approximate surface area is 173 Å². The lowest BCUT2D eigenvalue weighted by Gasteiger charge is -2.52. The minimum absolute atomic E-state index is 0.0000463. The summed E-state index contributed by atoms with van der Waals surface area (Å²) in [5, 5.41) is 0. The Morgan fingerprint density at radius 1 is 0.931 bits per heavy atom. The molecule has 0 spiro atoms. The fourth-order valence-corrected chi connectivity index (χ4v) is 6.79. The van der Waals surface area contributed by atoms with E-state index in [1.807, 2.05) is 26.0 Å². The molecule has 3 aliphatic carbocycles. The molecule has 1 saturated carbocycles. The van der Waals surface area contributed by atoms with Gasteiger partial charge in [-0.05, 0) is 48.4 Å². The maximum Gasteiger partial charge on any atom is 0.163 e. The highest BCUT2D eigenvalue weighted by molar-refractivity contribution is 6.10. The highest BCUT2D eigenvalue weighted by Crippen LogP contribution is 2.67. The van der Waals surface area contributed by atoms with Crippen molar-refractivity contribution in [2.75, 3.05) is 0 Å². The Morgan fingerprint density at radius 2 is 1.59 bits per heavy atom. The average molecular weight is 385 g/mol. The van der Waals surface area contributed by atoms with Crippen molar-refractivity contribution in [1.29, 1.82) is 0 Å². The quantitative estimate of drug-likeness (QED) is 0.708. The van der Waals surface area contributed by atoms with Crippen LogP contribution in [0.15, 0.2) is 66.2 Å². The molecule has 0 radical (unpaired) electrons. The van der Waals surface area contributed by atoms with Crippen molar-refractivity contribution in [2.24, 2.45) is 17.8 Å². The van der Waals surface area contributed by atoms with E-state index in [0.717, 1.165) is 30.4 Å². The number of ketones is 2. The predicted molar refractivity (Wildman–Crippen MR) is 115 cm³/mol. The highest BCUT2D eigenvalue weighted by atomic mass is 16.1. The van der Waals surface area contributed by atoms with Crippen molar-refractivity contribution >= 4 is 11.6 Å².